The number of rotatable bonds is 4. The van der Waals surface area contributed by atoms with Crippen molar-refractivity contribution < 1.29 is 8.42 Å². The minimum absolute atomic E-state index is 0.332. The van der Waals surface area contributed by atoms with Crippen molar-refractivity contribution >= 4 is 10.0 Å². The Bertz CT molecular complexity index is 691. The van der Waals surface area contributed by atoms with E-state index in [-0.39, 0.29) is 0 Å². The van der Waals surface area contributed by atoms with Crippen LogP contribution < -0.4 is 0 Å². The summed E-state index contributed by atoms with van der Waals surface area (Å²) in [6.45, 7) is 4.31. The van der Waals surface area contributed by atoms with E-state index in [1.54, 1.807) is 19.2 Å². The van der Waals surface area contributed by atoms with Gasteiger partial charge in [0.25, 0.3) is 0 Å². The number of hydrogen-bond donors (Lipinski definition) is 0. The Labute approximate surface area is 120 Å². The maximum absolute atomic E-state index is 12.5. The molecule has 2 aromatic carbocycles. The van der Waals surface area contributed by atoms with E-state index in [1.165, 1.54) is 4.31 Å². The molecule has 0 saturated carbocycles. The third-order valence-electron chi connectivity index (χ3n) is 3.22. The molecule has 2 aromatic rings. The summed E-state index contributed by atoms with van der Waals surface area (Å²) in [5.41, 5.74) is 3.16. The number of sulfonamides is 1. The van der Waals surface area contributed by atoms with Crippen LogP contribution in [0.25, 0.3) is 0 Å². The topological polar surface area (TPSA) is 37.4 Å². The molecule has 20 heavy (non-hydrogen) atoms. The molecule has 2 rings (SSSR count). The molecule has 0 spiro atoms. The van der Waals surface area contributed by atoms with Crippen molar-refractivity contribution in [3.8, 4) is 0 Å². The molecule has 0 aromatic heterocycles. The predicted molar refractivity (Wildman–Crippen MR) is 81.0 cm³/mol. The summed E-state index contributed by atoms with van der Waals surface area (Å²) < 4.78 is 26.3. The molecule has 0 amide bonds. The molecule has 0 bridgehead atoms. The lowest BCUT2D eigenvalue weighted by Crippen LogP contribution is -2.26. The molecule has 0 aliphatic carbocycles. The van der Waals surface area contributed by atoms with Crippen molar-refractivity contribution in [1.82, 2.24) is 4.31 Å². The van der Waals surface area contributed by atoms with Crippen LogP contribution in [0, 0.1) is 13.8 Å². The Morgan fingerprint density at radius 2 is 1.60 bits per heavy atom. The highest BCUT2D eigenvalue weighted by molar-refractivity contribution is 7.89. The molecule has 0 unspecified atom stereocenters. The van der Waals surface area contributed by atoms with Gasteiger partial charge < -0.3 is 0 Å². The number of aryl methyl sites for hydroxylation is 2. The van der Waals surface area contributed by atoms with Crippen LogP contribution >= 0.6 is 0 Å². The van der Waals surface area contributed by atoms with E-state index in [0.717, 1.165) is 16.7 Å². The Balaban J connectivity index is 2.23. The van der Waals surface area contributed by atoms with Crippen molar-refractivity contribution in [1.29, 1.82) is 0 Å². The standard InChI is InChI=1S/C16H19NO2S/c1-13-7-9-16(10-8-13)20(18,19)17(3)12-15-6-4-5-14(2)11-15/h4-11H,12H2,1-3H3. The first-order valence-electron chi connectivity index (χ1n) is 6.48. The van der Waals surface area contributed by atoms with Crippen molar-refractivity contribution in [2.24, 2.45) is 0 Å². The molecule has 0 aliphatic heterocycles. The third kappa shape index (κ3) is 3.26. The summed E-state index contributed by atoms with van der Waals surface area (Å²) in [5.74, 6) is 0. The van der Waals surface area contributed by atoms with E-state index >= 15 is 0 Å². The van der Waals surface area contributed by atoms with Crippen molar-refractivity contribution in [2.45, 2.75) is 25.3 Å². The molecular formula is C16H19NO2S. The van der Waals surface area contributed by atoms with Crippen LogP contribution in [0.2, 0.25) is 0 Å². The molecule has 0 atom stereocenters. The zero-order valence-electron chi connectivity index (χ0n) is 12.0. The summed E-state index contributed by atoms with van der Waals surface area (Å²) in [5, 5.41) is 0. The quantitative estimate of drug-likeness (QED) is 0.867. The van der Waals surface area contributed by atoms with Crippen LogP contribution in [0.4, 0.5) is 0 Å². The van der Waals surface area contributed by atoms with Gasteiger partial charge in [-0.05, 0) is 31.5 Å². The van der Waals surface area contributed by atoms with Crippen molar-refractivity contribution in [2.75, 3.05) is 7.05 Å². The second kappa shape index (κ2) is 5.77. The lowest BCUT2D eigenvalue weighted by Gasteiger charge is -2.17. The average Bonchev–Trinajstić information content (AvgIpc) is 2.39. The van der Waals surface area contributed by atoms with Crippen LogP contribution in [-0.2, 0) is 16.6 Å². The van der Waals surface area contributed by atoms with E-state index in [9.17, 15) is 8.42 Å². The average molecular weight is 289 g/mol. The van der Waals surface area contributed by atoms with Crippen LogP contribution in [0.15, 0.2) is 53.4 Å². The highest BCUT2D eigenvalue weighted by atomic mass is 32.2. The molecule has 0 heterocycles. The number of benzene rings is 2. The van der Waals surface area contributed by atoms with Crippen molar-refractivity contribution in [3.63, 3.8) is 0 Å². The SMILES string of the molecule is Cc1ccc(S(=O)(=O)N(C)Cc2cccc(C)c2)cc1. The van der Waals surface area contributed by atoms with Crippen LogP contribution in [0.5, 0.6) is 0 Å². The van der Waals surface area contributed by atoms with Gasteiger partial charge in [-0.3, -0.25) is 0 Å². The number of hydrogen-bond acceptors (Lipinski definition) is 2. The minimum atomic E-state index is -3.43. The summed E-state index contributed by atoms with van der Waals surface area (Å²) in [7, 11) is -1.82. The van der Waals surface area contributed by atoms with E-state index in [0.29, 0.717) is 11.4 Å². The molecular weight excluding hydrogens is 270 g/mol. The van der Waals surface area contributed by atoms with E-state index in [4.69, 9.17) is 0 Å². The smallest absolute Gasteiger partial charge is 0.207 e. The Kier molecular flexibility index (Phi) is 4.26. The van der Waals surface area contributed by atoms with Gasteiger partial charge in [0.2, 0.25) is 10.0 Å². The Morgan fingerprint density at radius 3 is 2.20 bits per heavy atom. The van der Waals surface area contributed by atoms with Gasteiger partial charge in [0.05, 0.1) is 4.90 Å². The fourth-order valence-corrected chi connectivity index (χ4v) is 3.20. The Hall–Kier alpha value is -1.65. The van der Waals surface area contributed by atoms with E-state index < -0.39 is 10.0 Å². The molecule has 0 aliphatic rings. The minimum Gasteiger partial charge on any atom is -0.207 e. The molecule has 4 heteroatoms. The van der Waals surface area contributed by atoms with Gasteiger partial charge >= 0.3 is 0 Å². The molecule has 106 valence electrons. The second-order valence-corrected chi connectivity index (χ2v) is 7.11. The van der Waals surface area contributed by atoms with Crippen molar-refractivity contribution in [3.05, 3.63) is 65.2 Å². The maximum atomic E-state index is 12.5. The third-order valence-corrected chi connectivity index (χ3v) is 5.03. The molecule has 0 saturated heterocycles. The van der Waals surface area contributed by atoms with Gasteiger partial charge in [0.1, 0.15) is 0 Å². The highest BCUT2D eigenvalue weighted by Gasteiger charge is 2.20. The lowest BCUT2D eigenvalue weighted by molar-refractivity contribution is 0.466. The van der Waals surface area contributed by atoms with Gasteiger partial charge in [0.15, 0.2) is 0 Å². The first-order chi connectivity index (χ1) is 9.39. The van der Waals surface area contributed by atoms with Gasteiger partial charge in [0, 0.05) is 13.6 Å². The summed E-state index contributed by atoms with van der Waals surface area (Å²) >= 11 is 0. The fraction of sp³-hybridized carbons (Fsp3) is 0.250. The highest BCUT2D eigenvalue weighted by Crippen LogP contribution is 2.17. The Morgan fingerprint density at radius 1 is 0.950 bits per heavy atom. The van der Waals surface area contributed by atoms with Crippen LogP contribution in [-0.4, -0.2) is 19.8 Å². The first kappa shape index (κ1) is 14.8. The second-order valence-electron chi connectivity index (χ2n) is 5.06. The first-order valence-corrected chi connectivity index (χ1v) is 7.92. The summed E-state index contributed by atoms with van der Waals surface area (Å²) in [6, 6.07) is 14.8. The fourth-order valence-electron chi connectivity index (χ4n) is 2.04. The van der Waals surface area contributed by atoms with Gasteiger partial charge in [-0.15, -0.1) is 0 Å². The lowest BCUT2D eigenvalue weighted by atomic mass is 10.1. The zero-order valence-corrected chi connectivity index (χ0v) is 12.8. The molecule has 3 nitrogen and oxygen atoms in total. The molecule has 0 N–H and O–H groups in total. The van der Waals surface area contributed by atoms with Crippen LogP contribution in [0.1, 0.15) is 16.7 Å². The van der Waals surface area contributed by atoms with Gasteiger partial charge in [-0.1, -0.05) is 47.5 Å². The summed E-state index contributed by atoms with van der Waals surface area (Å²) in [4.78, 5) is 0.332. The summed E-state index contributed by atoms with van der Waals surface area (Å²) in [6.07, 6.45) is 0. The van der Waals surface area contributed by atoms with E-state index in [1.807, 2.05) is 50.2 Å². The van der Waals surface area contributed by atoms with E-state index in [2.05, 4.69) is 0 Å². The zero-order chi connectivity index (χ0) is 14.8. The van der Waals surface area contributed by atoms with Crippen LogP contribution in [0.3, 0.4) is 0 Å². The maximum Gasteiger partial charge on any atom is 0.243 e. The largest absolute Gasteiger partial charge is 0.243 e. The number of nitrogens with zero attached hydrogens (tertiary/aromatic N) is 1. The predicted octanol–water partition coefficient (Wildman–Crippen LogP) is 3.12. The monoisotopic (exact) mass is 289 g/mol. The molecule has 0 radical (unpaired) electrons. The van der Waals surface area contributed by atoms with Gasteiger partial charge in [-0.25, -0.2) is 8.42 Å². The normalized spacial score (nSPS) is 11.8. The van der Waals surface area contributed by atoms with Gasteiger partial charge in [-0.2, -0.15) is 4.31 Å². The molecule has 0 fully saturated rings.